The van der Waals surface area contributed by atoms with E-state index in [1.807, 2.05) is 0 Å². The van der Waals surface area contributed by atoms with Crippen molar-refractivity contribution in [2.24, 2.45) is 0 Å². The van der Waals surface area contributed by atoms with Crippen LogP contribution < -0.4 is 0 Å². The maximum absolute atomic E-state index is 7.58. The fraction of sp³-hybridized carbons (Fsp3) is 0.333. The van der Waals surface area contributed by atoms with Gasteiger partial charge < -0.3 is 17.5 Å². The smallest absolute Gasteiger partial charge is 0.691 e. The molecule has 0 radical (unpaired) electrons. The van der Waals surface area contributed by atoms with Gasteiger partial charge in [0.05, 0.1) is 6.61 Å². The summed E-state index contributed by atoms with van der Waals surface area (Å²) in [5.41, 5.74) is 0. The molecule has 0 aromatic carbocycles. The predicted molar refractivity (Wildman–Crippen MR) is 14.2 cm³/mol. The molecule has 0 aromatic rings. The van der Waals surface area contributed by atoms with Crippen LogP contribution in [0.2, 0.25) is 0 Å². The largest absolute Gasteiger partial charge is 1.00 e. The van der Waals surface area contributed by atoms with E-state index < -0.39 is 0 Å². The van der Waals surface area contributed by atoms with E-state index in [2.05, 4.69) is 0 Å². The number of aliphatic hydroxyl groups excluding tert-OH is 1. The van der Waals surface area contributed by atoms with Gasteiger partial charge in [-0.1, -0.05) is 0 Å². The Balaban J connectivity index is 0. The molecule has 1 nitrogen and oxygen atoms in total. The third-order valence-electron chi connectivity index (χ3n) is 0.0791. The van der Waals surface area contributed by atoms with Crippen LogP contribution in [0.15, 0.2) is 0 Å². The number of aliphatic hydroxyl groups is 1. The van der Waals surface area contributed by atoms with Crippen LogP contribution in [0, 0.1) is 12.3 Å². The average Bonchev–Trinajstić information content (AvgIpc) is 1.37. The minimum absolute atomic E-state index is 0. The molecular formula is C3H3CuO. The van der Waals surface area contributed by atoms with E-state index in [9.17, 15) is 0 Å². The second kappa shape index (κ2) is 8.97. The van der Waals surface area contributed by atoms with Crippen LogP contribution in [0.4, 0.5) is 0 Å². The van der Waals surface area contributed by atoms with E-state index >= 15 is 0 Å². The van der Waals surface area contributed by atoms with E-state index in [0.29, 0.717) is 0 Å². The molecule has 0 aliphatic rings. The molecule has 0 aliphatic heterocycles. The Labute approximate surface area is 41.9 Å². The molecule has 0 fully saturated rings. The maximum Gasteiger partial charge on any atom is 1.00 e. The Morgan fingerprint density at radius 2 is 2.00 bits per heavy atom. The van der Waals surface area contributed by atoms with Crippen molar-refractivity contribution in [2.75, 3.05) is 6.61 Å². The first-order valence-electron chi connectivity index (χ1n) is 0.920. The molecule has 32 valence electrons. The first-order valence-corrected chi connectivity index (χ1v) is 0.920. The van der Waals surface area contributed by atoms with E-state index in [-0.39, 0.29) is 23.7 Å². The van der Waals surface area contributed by atoms with Crippen LogP contribution in [0.5, 0.6) is 0 Å². The minimum Gasteiger partial charge on any atom is -0.691 e. The van der Waals surface area contributed by atoms with Gasteiger partial charge in [0.15, 0.2) is 0 Å². The molecular weight excluding hydrogens is 116 g/mol. The Morgan fingerprint density at radius 1 is 1.80 bits per heavy atom. The second-order valence-corrected chi connectivity index (χ2v) is 0.335. The quantitative estimate of drug-likeness (QED) is 0.260. The molecule has 5 heavy (non-hydrogen) atoms. The summed E-state index contributed by atoms with van der Waals surface area (Å²) in [6.45, 7) is -0.264. The summed E-state index contributed by atoms with van der Waals surface area (Å²) in [4.78, 5) is 0. The Kier molecular flexibility index (Phi) is 16.0. The summed E-state index contributed by atoms with van der Waals surface area (Å²) in [7, 11) is 0. The maximum atomic E-state index is 7.58. The Morgan fingerprint density at radius 3 is 2.00 bits per heavy atom. The molecule has 0 aliphatic carbocycles. The van der Waals surface area contributed by atoms with E-state index in [1.54, 1.807) is 5.92 Å². The number of rotatable bonds is 0. The zero-order valence-electron chi connectivity index (χ0n) is 2.46. The first kappa shape index (κ1) is 8.90. The van der Waals surface area contributed by atoms with Gasteiger partial charge in [-0.15, -0.1) is 0 Å². The van der Waals surface area contributed by atoms with Crippen molar-refractivity contribution in [3.8, 4) is 5.92 Å². The molecule has 0 saturated carbocycles. The van der Waals surface area contributed by atoms with E-state index in [1.165, 1.54) is 0 Å². The van der Waals surface area contributed by atoms with Crippen molar-refractivity contribution in [3.05, 3.63) is 6.42 Å². The summed E-state index contributed by atoms with van der Waals surface area (Å²) in [6.07, 6.45) is 5.95. The van der Waals surface area contributed by atoms with Gasteiger partial charge in [-0.3, -0.25) is 0 Å². The van der Waals surface area contributed by atoms with Crippen molar-refractivity contribution in [1.29, 1.82) is 0 Å². The fourth-order valence-corrected chi connectivity index (χ4v) is 0. The van der Waals surface area contributed by atoms with Gasteiger partial charge in [0.2, 0.25) is 0 Å². The zero-order chi connectivity index (χ0) is 3.41. The standard InChI is InChI=1S/C3H3O.Cu/c1-2-3-4;/h4H,3H2;/q-1;+1. The summed E-state index contributed by atoms with van der Waals surface area (Å²) < 4.78 is 0. The van der Waals surface area contributed by atoms with Gasteiger partial charge >= 0.3 is 17.1 Å². The topological polar surface area (TPSA) is 20.2 Å². The molecule has 0 saturated heterocycles. The summed E-state index contributed by atoms with van der Waals surface area (Å²) in [6, 6.07) is 0. The van der Waals surface area contributed by atoms with Crippen molar-refractivity contribution in [1.82, 2.24) is 0 Å². The summed E-state index contributed by atoms with van der Waals surface area (Å²) >= 11 is 0. The number of hydrogen-bond acceptors (Lipinski definition) is 1. The molecule has 2 heteroatoms. The van der Waals surface area contributed by atoms with Crippen molar-refractivity contribution in [2.45, 2.75) is 0 Å². The summed E-state index contributed by atoms with van der Waals surface area (Å²) in [5.74, 6) is 1.74. The Hall–Kier alpha value is 0.0395. The SMILES string of the molecule is [C-]#CCO.[Cu+]. The molecule has 0 aromatic heterocycles. The zero-order valence-corrected chi connectivity index (χ0v) is 3.40. The Bertz CT molecular complexity index is 36.6. The third-order valence-corrected chi connectivity index (χ3v) is 0.0791. The van der Waals surface area contributed by atoms with Crippen molar-refractivity contribution < 1.29 is 22.2 Å². The van der Waals surface area contributed by atoms with Crippen LogP contribution >= 0.6 is 0 Å². The summed E-state index contributed by atoms with van der Waals surface area (Å²) in [5, 5.41) is 7.58. The van der Waals surface area contributed by atoms with Gasteiger partial charge in [0.1, 0.15) is 0 Å². The molecule has 0 rings (SSSR count). The number of hydrogen-bond donors (Lipinski definition) is 1. The first-order chi connectivity index (χ1) is 1.91. The molecule has 0 amide bonds. The van der Waals surface area contributed by atoms with Crippen LogP contribution in [0.25, 0.3) is 0 Å². The van der Waals surface area contributed by atoms with Gasteiger partial charge in [-0.05, 0) is 0 Å². The van der Waals surface area contributed by atoms with Gasteiger partial charge in [0.25, 0.3) is 0 Å². The van der Waals surface area contributed by atoms with Crippen LogP contribution in [0.1, 0.15) is 0 Å². The van der Waals surface area contributed by atoms with Crippen LogP contribution in [-0.2, 0) is 17.1 Å². The van der Waals surface area contributed by atoms with Crippen molar-refractivity contribution in [3.63, 3.8) is 0 Å². The van der Waals surface area contributed by atoms with E-state index in [0.717, 1.165) is 0 Å². The third kappa shape index (κ3) is 15.6. The van der Waals surface area contributed by atoms with E-state index in [4.69, 9.17) is 11.5 Å². The molecule has 1 N–H and O–H groups in total. The van der Waals surface area contributed by atoms with Crippen LogP contribution in [0.3, 0.4) is 0 Å². The fourth-order valence-electron chi connectivity index (χ4n) is 0. The monoisotopic (exact) mass is 118 g/mol. The van der Waals surface area contributed by atoms with Gasteiger partial charge in [-0.2, -0.15) is 0 Å². The molecule has 0 atom stereocenters. The molecule has 0 heterocycles. The van der Waals surface area contributed by atoms with Crippen molar-refractivity contribution >= 4 is 0 Å². The average molecular weight is 119 g/mol. The molecule has 0 spiro atoms. The minimum atomic E-state index is -0.264. The van der Waals surface area contributed by atoms with Crippen LogP contribution in [-0.4, -0.2) is 11.7 Å². The molecule has 0 bridgehead atoms. The van der Waals surface area contributed by atoms with Gasteiger partial charge in [0, 0.05) is 0 Å². The molecule has 0 unspecified atom stereocenters. The normalized spacial score (nSPS) is 4.00. The predicted octanol–water partition coefficient (Wildman–Crippen LogP) is -0.434. The van der Waals surface area contributed by atoms with Gasteiger partial charge in [-0.25, -0.2) is 0 Å². The second-order valence-electron chi connectivity index (χ2n) is 0.335.